The highest BCUT2D eigenvalue weighted by Crippen LogP contribution is 2.30. The van der Waals surface area contributed by atoms with E-state index in [0.717, 1.165) is 16.5 Å². The summed E-state index contributed by atoms with van der Waals surface area (Å²) in [5.41, 5.74) is 1.84. The first-order valence-corrected chi connectivity index (χ1v) is 8.88. The molecule has 26 heavy (non-hydrogen) atoms. The van der Waals surface area contributed by atoms with Gasteiger partial charge >= 0.3 is 5.97 Å². The SMILES string of the molecule is O=C1NC(=S)S/C1=C/c1cn(Cc2ccc(C(=O)O)o2)c2ccccc12. The minimum Gasteiger partial charge on any atom is -0.475 e. The minimum atomic E-state index is -1.10. The second kappa shape index (κ2) is 6.47. The van der Waals surface area contributed by atoms with Crippen molar-refractivity contribution in [3.63, 3.8) is 0 Å². The van der Waals surface area contributed by atoms with Crippen molar-refractivity contribution in [3.05, 3.63) is 64.6 Å². The molecule has 1 amide bonds. The summed E-state index contributed by atoms with van der Waals surface area (Å²) in [5.74, 6) is -0.851. The zero-order valence-corrected chi connectivity index (χ0v) is 14.9. The zero-order valence-electron chi connectivity index (χ0n) is 13.3. The van der Waals surface area contributed by atoms with Crippen LogP contribution >= 0.6 is 24.0 Å². The first-order chi connectivity index (χ1) is 12.5. The Kier molecular flexibility index (Phi) is 4.14. The maximum Gasteiger partial charge on any atom is 0.371 e. The van der Waals surface area contributed by atoms with Crippen LogP contribution in [-0.4, -0.2) is 25.9 Å². The van der Waals surface area contributed by atoms with E-state index in [9.17, 15) is 9.59 Å². The van der Waals surface area contributed by atoms with Crippen LogP contribution in [0, 0.1) is 0 Å². The summed E-state index contributed by atoms with van der Waals surface area (Å²) in [7, 11) is 0. The van der Waals surface area contributed by atoms with Crippen molar-refractivity contribution in [1.29, 1.82) is 0 Å². The molecule has 8 heteroatoms. The van der Waals surface area contributed by atoms with Gasteiger partial charge in [0.1, 0.15) is 10.1 Å². The van der Waals surface area contributed by atoms with Gasteiger partial charge in [0.15, 0.2) is 0 Å². The topological polar surface area (TPSA) is 84.5 Å². The number of carboxylic acid groups (broad SMARTS) is 1. The Morgan fingerprint density at radius 3 is 2.81 bits per heavy atom. The molecule has 6 nitrogen and oxygen atoms in total. The van der Waals surface area contributed by atoms with Gasteiger partial charge in [-0.05, 0) is 24.3 Å². The van der Waals surface area contributed by atoms with E-state index in [4.69, 9.17) is 21.7 Å². The third-order valence-corrected chi connectivity index (χ3v) is 5.11. The van der Waals surface area contributed by atoms with Gasteiger partial charge in [-0.25, -0.2) is 4.79 Å². The average Bonchev–Trinajstić information content (AvgIpc) is 3.28. The van der Waals surface area contributed by atoms with E-state index in [1.807, 2.05) is 41.1 Å². The molecule has 0 unspecified atom stereocenters. The lowest BCUT2D eigenvalue weighted by Crippen LogP contribution is -2.17. The third-order valence-electron chi connectivity index (χ3n) is 3.95. The number of carbonyl (C=O) groups is 2. The molecule has 130 valence electrons. The predicted molar refractivity (Wildman–Crippen MR) is 103 cm³/mol. The van der Waals surface area contributed by atoms with Crippen LogP contribution in [0.25, 0.3) is 17.0 Å². The van der Waals surface area contributed by atoms with Crippen molar-refractivity contribution in [3.8, 4) is 0 Å². The molecule has 3 heterocycles. The number of amides is 1. The lowest BCUT2D eigenvalue weighted by molar-refractivity contribution is -0.115. The second-order valence-electron chi connectivity index (χ2n) is 5.65. The van der Waals surface area contributed by atoms with Crippen LogP contribution < -0.4 is 5.32 Å². The van der Waals surface area contributed by atoms with E-state index < -0.39 is 5.97 Å². The van der Waals surface area contributed by atoms with E-state index in [1.54, 1.807) is 6.07 Å². The van der Waals surface area contributed by atoms with E-state index in [-0.39, 0.29) is 11.7 Å². The molecule has 1 aromatic carbocycles. The van der Waals surface area contributed by atoms with Crippen molar-refractivity contribution in [2.45, 2.75) is 6.54 Å². The number of rotatable bonds is 4. The fraction of sp³-hybridized carbons (Fsp3) is 0.0556. The molecule has 3 aromatic rings. The highest BCUT2D eigenvalue weighted by Gasteiger charge is 2.22. The average molecular weight is 384 g/mol. The van der Waals surface area contributed by atoms with Crippen LogP contribution in [0.15, 0.2) is 51.9 Å². The predicted octanol–water partition coefficient (Wildman–Crippen LogP) is 3.47. The van der Waals surface area contributed by atoms with Crippen LogP contribution in [-0.2, 0) is 11.3 Å². The standard InChI is InChI=1S/C18H12N2O4S2/c21-16-15(26-18(25)19-16)7-10-8-20(13-4-2-1-3-12(10)13)9-11-5-6-14(24-11)17(22)23/h1-8H,9H2,(H,22,23)(H,19,21,25)/b15-7+. The monoisotopic (exact) mass is 384 g/mol. The summed E-state index contributed by atoms with van der Waals surface area (Å²) in [6, 6.07) is 10.9. The maximum atomic E-state index is 11.9. The van der Waals surface area contributed by atoms with Crippen molar-refractivity contribution >= 4 is 57.2 Å². The number of benzene rings is 1. The van der Waals surface area contributed by atoms with E-state index in [0.29, 0.717) is 21.5 Å². The molecule has 0 spiro atoms. The highest BCUT2D eigenvalue weighted by molar-refractivity contribution is 8.26. The summed E-state index contributed by atoms with van der Waals surface area (Å²) < 4.78 is 7.76. The molecule has 4 rings (SSSR count). The number of aromatic nitrogens is 1. The summed E-state index contributed by atoms with van der Waals surface area (Å²) in [6.07, 6.45) is 3.72. The Morgan fingerprint density at radius 1 is 1.31 bits per heavy atom. The van der Waals surface area contributed by atoms with E-state index in [2.05, 4.69) is 5.32 Å². The number of nitrogens with zero attached hydrogens (tertiary/aromatic N) is 1. The van der Waals surface area contributed by atoms with E-state index >= 15 is 0 Å². The quantitative estimate of drug-likeness (QED) is 0.529. The van der Waals surface area contributed by atoms with Gasteiger partial charge in [0.05, 0.1) is 11.4 Å². The van der Waals surface area contributed by atoms with Gasteiger partial charge in [-0.2, -0.15) is 0 Å². The fourth-order valence-corrected chi connectivity index (χ4v) is 3.86. The number of fused-ring (bicyclic) bond motifs is 1. The van der Waals surface area contributed by atoms with Crippen molar-refractivity contribution in [1.82, 2.24) is 9.88 Å². The number of para-hydroxylation sites is 1. The van der Waals surface area contributed by atoms with Gasteiger partial charge in [-0.15, -0.1) is 0 Å². The summed E-state index contributed by atoms with van der Waals surface area (Å²) in [4.78, 5) is 23.4. The highest BCUT2D eigenvalue weighted by atomic mass is 32.2. The van der Waals surface area contributed by atoms with Crippen LogP contribution in [0.3, 0.4) is 0 Å². The van der Waals surface area contributed by atoms with Gasteiger partial charge in [0.25, 0.3) is 5.91 Å². The third kappa shape index (κ3) is 3.04. The molecule has 2 N–H and O–H groups in total. The van der Waals surface area contributed by atoms with Gasteiger partial charge in [0, 0.05) is 22.7 Å². The van der Waals surface area contributed by atoms with Gasteiger partial charge in [-0.3, -0.25) is 4.79 Å². The van der Waals surface area contributed by atoms with Crippen molar-refractivity contribution in [2.75, 3.05) is 0 Å². The molecule has 0 atom stereocenters. The molecule has 1 fully saturated rings. The molecule has 0 aliphatic carbocycles. The Balaban J connectivity index is 1.74. The molecule has 1 aliphatic rings. The lowest BCUT2D eigenvalue weighted by Gasteiger charge is -2.02. The Labute approximate surface area is 157 Å². The Morgan fingerprint density at radius 2 is 2.12 bits per heavy atom. The van der Waals surface area contributed by atoms with Crippen LogP contribution in [0.1, 0.15) is 21.9 Å². The van der Waals surface area contributed by atoms with Crippen LogP contribution in [0.5, 0.6) is 0 Å². The van der Waals surface area contributed by atoms with Crippen LogP contribution in [0.2, 0.25) is 0 Å². The normalized spacial score (nSPS) is 15.8. The number of hydrogen-bond donors (Lipinski definition) is 2. The fourth-order valence-electron chi connectivity index (χ4n) is 2.83. The molecule has 1 aliphatic heterocycles. The largest absolute Gasteiger partial charge is 0.475 e. The number of aromatic carboxylic acids is 1. The second-order valence-corrected chi connectivity index (χ2v) is 7.37. The number of furan rings is 1. The van der Waals surface area contributed by atoms with Gasteiger partial charge in [0.2, 0.25) is 5.76 Å². The molecular weight excluding hydrogens is 372 g/mol. The van der Waals surface area contributed by atoms with Gasteiger partial charge in [-0.1, -0.05) is 42.2 Å². The molecule has 0 saturated carbocycles. The minimum absolute atomic E-state index is 0.0913. The number of carbonyl (C=O) groups excluding carboxylic acids is 1. The first kappa shape index (κ1) is 16.6. The Bertz CT molecular complexity index is 1090. The summed E-state index contributed by atoms with van der Waals surface area (Å²) >= 11 is 6.26. The molecule has 0 bridgehead atoms. The molecular formula is C18H12N2O4S2. The first-order valence-electron chi connectivity index (χ1n) is 7.66. The van der Waals surface area contributed by atoms with Gasteiger partial charge < -0.3 is 19.4 Å². The molecule has 1 saturated heterocycles. The zero-order chi connectivity index (χ0) is 18.3. The number of carboxylic acids is 1. The number of thiocarbonyl (C=S) groups is 1. The molecule has 0 radical (unpaired) electrons. The summed E-state index contributed by atoms with van der Waals surface area (Å²) in [5, 5.41) is 12.6. The number of hydrogen-bond acceptors (Lipinski definition) is 5. The maximum absolute atomic E-state index is 11.9. The van der Waals surface area contributed by atoms with Crippen LogP contribution in [0.4, 0.5) is 0 Å². The van der Waals surface area contributed by atoms with E-state index in [1.165, 1.54) is 17.8 Å². The molecule has 2 aromatic heterocycles. The van der Waals surface area contributed by atoms with Crippen molar-refractivity contribution in [2.24, 2.45) is 0 Å². The lowest BCUT2D eigenvalue weighted by atomic mass is 10.1. The van der Waals surface area contributed by atoms with Crippen molar-refractivity contribution < 1.29 is 19.1 Å². The Hall–Kier alpha value is -2.84. The summed E-state index contributed by atoms with van der Waals surface area (Å²) in [6.45, 7) is 0.384. The number of thioether (sulfide) groups is 1. The smallest absolute Gasteiger partial charge is 0.371 e. The number of nitrogens with one attached hydrogen (secondary N) is 1.